The van der Waals surface area contributed by atoms with Crippen LogP contribution in [-0.4, -0.2) is 31.9 Å². The summed E-state index contributed by atoms with van der Waals surface area (Å²) in [5.41, 5.74) is 8.72. The van der Waals surface area contributed by atoms with E-state index in [1.54, 1.807) is 17.5 Å². The maximum atomic E-state index is 12.4. The Morgan fingerprint density at radius 2 is 2.03 bits per heavy atom. The van der Waals surface area contributed by atoms with Crippen LogP contribution < -0.4 is 5.32 Å². The summed E-state index contributed by atoms with van der Waals surface area (Å²) in [5, 5.41) is 3.03. The number of amides is 1. The monoisotopic (exact) mass is 411 g/mol. The Hall–Kier alpha value is -3.58. The van der Waals surface area contributed by atoms with Crippen LogP contribution in [0.1, 0.15) is 23.2 Å². The van der Waals surface area contributed by atoms with Gasteiger partial charge in [0.1, 0.15) is 5.52 Å². The zero-order chi connectivity index (χ0) is 20.1. The van der Waals surface area contributed by atoms with Crippen molar-refractivity contribution in [3.05, 3.63) is 65.9 Å². The second-order valence-electron chi connectivity index (χ2n) is 7.52. The van der Waals surface area contributed by atoms with Crippen molar-refractivity contribution in [1.82, 2.24) is 25.3 Å². The summed E-state index contributed by atoms with van der Waals surface area (Å²) in [4.78, 5) is 29.4. The molecule has 2 aromatic carbocycles. The summed E-state index contributed by atoms with van der Waals surface area (Å²) in [6, 6.07) is 14.1. The minimum absolute atomic E-state index is 0.0337. The van der Waals surface area contributed by atoms with E-state index in [0.29, 0.717) is 11.6 Å². The molecule has 0 bridgehead atoms. The minimum Gasteiger partial charge on any atom is -0.349 e. The lowest BCUT2D eigenvalue weighted by molar-refractivity contribution is 0.0951. The average molecular weight is 411 g/mol. The van der Waals surface area contributed by atoms with Crippen LogP contribution in [-0.2, 0) is 0 Å². The van der Waals surface area contributed by atoms with Gasteiger partial charge >= 0.3 is 0 Å². The first kappa shape index (κ1) is 17.3. The number of rotatable bonds is 4. The molecule has 0 saturated heterocycles. The molecule has 1 saturated carbocycles. The molecule has 5 aromatic rings. The summed E-state index contributed by atoms with van der Waals surface area (Å²) in [6.45, 7) is 0. The van der Waals surface area contributed by atoms with Crippen molar-refractivity contribution >= 4 is 38.6 Å². The first-order valence-corrected chi connectivity index (χ1v) is 10.7. The third kappa shape index (κ3) is 3.04. The topological polar surface area (TPSA) is 83.6 Å². The summed E-state index contributed by atoms with van der Waals surface area (Å²) in [7, 11) is 0. The fourth-order valence-electron chi connectivity index (χ4n) is 3.59. The Morgan fingerprint density at radius 1 is 1.10 bits per heavy atom. The van der Waals surface area contributed by atoms with E-state index in [0.717, 1.165) is 56.6 Å². The standard InChI is InChI=1S/C23H17N5OS/c29-23(27-16-5-6-16)15-3-1-2-14(8-15)19-11-25-22-21(28-19)17(10-24-22)13-4-7-18-20(9-13)30-12-26-18/h1-4,7-12,16H,5-6H2,(H,24,25)(H,27,29). The highest BCUT2D eigenvalue weighted by Gasteiger charge is 2.24. The molecule has 2 N–H and O–H groups in total. The zero-order valence-corrected chi connectivity index (χ0v) is 16.7. The summed E-state index contributed by atoms with van der Waals surface area (Å²) < 4.78 is 1.14. The van der Waals surface area contributed by atoms with Crippen LogP contribution >= 0.6 is 11.3 Å². The zero-order valence-electron chi connectivity index (χ0n) is 15.9. The van der Waals surface area contributed by atoms with Crippen molar-refractivity contribution in [3.8, 4) is 22.4 Å². The molecule has 1 aliphatic carbocycles. The van der Waals surface area contributed by atoms with Crippen molar-refractivity contribution in [2.75, 3.05) is 0 Å². The van der Waals surface area contributed by atoms with Gasteiger partial charge in [-0.3, -0.25) is 4.79 Å². The molecule has 0 unspecified atom stereocenters. The number of hydrogen-bond acceptors (Lipinski definition) is 5. The molecule has 0 spiro atoms. The highest BCUT2D eigenvalue weighted by atomic mass is 32.1. The lowest BCUT2D eigenvalue weighted by atomic mass is 10.1. The van der Waals surface area contributed by atoms with Gasteiger partial charge in [0, 0.05) is 28.9 Å². The van der Waals surface area contributed by atoms with Crippen molar-refractivity contribution in [2.45, 2.75) is 18.9 Å². The molecule has 1 fully saturated rings. The minimum atomic E-state index is -0.0337. The smallest absolute Gasteiger partial charge is 0.251 e. The quantitative estimate of drug-likeness (QED) is 0.445. The van der Waals surface area contributed by atoms with Crippen molar-refractivity contribution in [1.29, 1.82) is 0 Å². The Kier molecular flexibility index (Phi) is 3.89. The molecule has 0 radical (unpaired) electrons. The van der Waals surface area contributed by atoms with Crippen molar-refractivity contribution < 1.29 is 4.79 Å². The molecule has 3 heterocycles. The van der Waals surface area contributed by atoms with E-state index in [9.17, 15) is 4.79 Å². The number of thiazole rings is 1. The SMILES string of the molecule is O=C(NC1CC1)c1cccc(-c2cnc3[nH]cc(-c4ccc5ncsc5c4)c3n2)c1. The lowest BCUT2D eigenvalue weighted by Crippen LogP contribution is -2.25. The van der Waals surface area contributed by atoms with Gasteiger partial charge in [0.05, 0.1) is 27.6 Å². The van der Waals surface area contributed by atoms with E-state index in [2.05, 4.69) is 32.4 Å². The molecular formula is C23H17N5OS. The van der Waals surface area contributed by atoms with Gasteiger partial charge in [0.2, 0.25) is 0 Å². The number of nitrogens with one attached hydrogen (secondary N) is 2. The largest absolute Gasteiger partial charge is 0.349 e. The molecule has 7 heteroatoms. The fourth-order valence-corrected chi connectivity index (χ4v) is 4.31. The number of hydrogen-bond donors (Lipinski definition) is 2. The maximum absolute atomic E-state index is 12.4. The number of aromatic amines is 1. The Morgan fingerprint density at radius 3 is 2.93 bits per heavy atom. The summed E-state index contributed by atoms with van der Waals surface area (Å²) in [5.74, 6) is -0.0337. The van der Waals surface area contributed by atoms with Crippen LogP contribution in [0.5, 0.6) is 0 Å². The Labute approximate surface area is 176 Å². The van der Waals surface area contributed by atoms with Gasteiger partial charge in [0.15, 0.2) is 5.65 Å². The molecule has 1 aliphatic rings. The third-order valence-electron chi connectivity index (χ3n) is 5.36. The van der Waals surface area contributed by atoms with Crippen molar-refractivity contribution in [3.63, 3.8) is 0 Å². The number of nitrogens with zero attached hydrogens (tertiary/aromatic N) is 3. The number of carbonyl (C=O) groups is 1. The molecule has 6 rings (SSSR count). The molecule has 3 aromatic heterocycles. The fraction of sp³-hybridized carbons (Fsp3) is 0.130. The van der Waals surface area contributed by atoms with E-state index in [1.165, 1.54) is 0 Å². The summed E-state index contributed by atoms with van der Waals surface area (Å²) in [6.07, 6.45) is 5.82. The molecular weight excluding hydrogens is 394 g/mol. The van der Waals surface area contributed by atoms with Crippen molar-refractivity contribution in [2.24, 2.45) is 0 Å². The van der Waals surface area contributed by atoms with Gasteiger partial charge in [0.25, 0.3) is 5.91 Å². The number of benzene rings is 2. The van der Waals surface area contributed by atoms with Gasteiger partial charge in [-0.1, -0.05) is 18.2 Å². The normalized spacial score (nSPS) is 13.7. The molecule has 6 nitrogen and oxygen atoms in total. The molecule has 146 valence electrons. The van der Waals surface area contributed by atoms with Crippen LogP contribution in [0.3, 0.4) is 0 Å². The molecule has 30 heavy (non-hydrogen) atoms. The molecule has 0 atom stereocenters. The van der Waals surface area contributed by atoms with Gasteiger partial charge in [-0.05, 0) is 42.7 Å². The average Bonchev–Trinajstić information content (AvgIpc) is 3.30. The van der Waals surface area contributed by atoms with Gasteiger partial charge in [-0.2, -0.15) is 0 Å². The third-order valence-corrected chi connectivity index (χ3v) is 6.15. The van der Waals surface area contributed by atoms with Crippen LogP contribution in [0.25, 0.3) is 43.8 Å². The second-order valence-corrected chi connectivity index (χ2v) is 8.40. The van der Waals surface area contributed by atoms with Crippen LogP contribution in [0.4, 0.5) is 0 Å². The predicted octanol–water partition coefficient (Wildman–Crippen LogP) is 4.79. The maximum Gasteiger partial charge on any atom is 0.251 e. The number of aromatic nitrogens is 4. The van der Waals surface area contributed by atoms with E-state index < -0.39 is 0 Å². The first-order valence-electron chi connectivity index (χ1n) is 9.84. The van der Waals surface area contributed by atoms with Crippen LogP contribution in [0.2, 0.25) is 0 Å². The number of carbonyl (C=O) groups excluding carboxylic acids is 1. The van der Waals surface area contributed by atoms with Gasteiger partial charge in [-0.15, -0.1) is 11.3 Å². The molecule has 1 amide bonds. The van der Waals surface area contributed by atoms with E-state index in [-0.39, 0.29) is 5.91 Å². The first-order chi connectivity index (χ1) is 14.7. The van der Waals surface area contributed by atoms with Gasteiger partial charge < -0.3 is 10.3 Å². The Balaban J connectivity index is 1.41. The van der Waals surface area contributed by atoms with E-state index in [4.69, 9.17) is 4.98 Å². The number of fused-ring (bicyclic) bond motifs is 2. The predicted molar refractivity (Wildman–Crippen MR) is 118 cm³/mol. The highest BCUT2D eigenvalue weighted by Crippen LogP contribution is 2.31. The van der Waals surface area contributed by atoms with Gasteiger partial charge in [-0.25, -0.2) is 15.0 Å². The second kappa shape index (κ2) is 6.74. The van der Waals surface area contributed by atoms with Crippen LogP contribution in [0, 0.1) is 0 Å². The van der Waals surface area contributed by atoms with E-state index >= 15 is 0 Å². The lowest BCUT2D eigenvalue weighted by Gasteiger charge is -2.06. The van der Waals surface area contributed by atoms with E-state index in [1.807, 2.05) is 42.0 Å². The number of H-pyrrole nitrogens is 1. The molecule has 0 aliphatic heterocycles. The highest BCUT2D eigenvalue weighted by molar-refractivity contribution is 7.16. The summed E-state index contributed by atoms with van der Waals surface area (Å²) >= 11 is 1.62. The Bertz CT molecular complexity index is 1420. The van der Waals surface area contributed by atoms with Crippen LogP contribution in [0.15, 0.2) is 60.4 Å².